The average molecular weight is 454 g/mol. The van der Waals surface area contributed by atoms with Gasteiger partial charge in [0.05, 0.1) is 6.54 Å². The van der Waals surface area contributed by atoms with Gasteiger partial charge in [0.2, 0.25) is 0 Å². The molecule has 0 radical (unpaired) electrons. The molecule has 4 aromatic rings. The van der Waals surface area contributed by atoms with Crippen molar-refractivity contribution >= 4 is 22.5 Å². The Morgan fingerprint density at radius 2 is 1.47 bits per heavy atom. The van der Waals surface area contributed by atoms with Crippen molar-refractivity contribution < 1.29 is 19.4 Å². The summed E-state index contributed by atoms with van der Waals surface area (Å²) in [6, 6.07) is 30.8. The molecule has 0 bridgehead atoms. The standard InChI is InChI=1S/C29H27NO4/c1-30(20-28(31)32)18-17-27(22-8-3-2-4-9-22)34-26-15-13-23(14-16-26)29(33)25-12-11-21-7-5-6-10-24(21)19-25/h2-16,19,27H,17-18,20H2,1H3,(H,31,32). The number of carboxylic acids is 1. The Hall–Kier alpha value is -3.96. The van der Waals surface area contributed by atoms with Crippen LogP contribution in [0.2, 0.25) is 0 Å². The molecule has 0 aliphatic heterocycles. The lowest BCUT2D eigenvalue weighted by atomic mass is 10.00. The number of carbonyl (C=O) groups is 2. The molecular formula is C29H27NO4. The van der Waals surface area contributed by atoms with E-state index in [1.807, 2.05) is 84.9 Å². The molecule has 0 amide bonds. The summed E-state index contributed by atoms with van der Waals surface area (Å²) in [5, 5.41) is 11.1. The van der Waals surface area contributed by atoms with E-state index < -0.39 is 5.97 Å². The Kier molecular flexibility index (Phi) is 7.35. The lowest BCUT2D eigenvalue weighted by molar-refractivity contribution is -0.138. The Labute approximate surface area is 199 Å². The third-order valence-electron chi connectivity index (χ3n) is 5.76. The first-order valence-corrected chi connectivity index (χ1v) is 11.2. The minimum Gasteiger partial charge on any atom is -0.486 e. The third kappa shape index (κ3) is 5.88. The topological polar surface area (TPSA) is 66.8 Å². The van der Waals surface area contributed by atoms with Crippen LogP contribution in [-0.4, -0.2) is 41.9 Å². The monoisotopic (exact) mass is 453 g/mol. The lowest BCUT2D eigenvalue weighted by Gasteiger charge is -2.22. The van der Waals surface area contributed by atoms with E-state index in [9.17, 15) is 9.59 Å². The second kappa shape index (κ2) is 10.8. The number of benzene rings is 4. The molecule has 0 saturated heterocycles. The Bertz CT molecular complexity index is 1270. The molecule has 0 fully saturated rings. The van der Waals surface area contributed by atoms with Gasteiger partial charge in [0.1, 0.15) is 11.9 Å². The number of hydrogen-bond donors (Lipinski definition) is 1. The van der Waals surface area contributed by atoms with Gasteiger partial charge in [0, 0.05) is 24.1 Å². The molecule has 5 nitrogen and oxygen atoms in total. The van der Waals surface area contributed by atoms with Gasteiger partial charge in [-0.2, -0.15) is 0 Å². The van der Waals surface area contributed by atoms with Crippen molar-refractivity contribution in [3.63, 3.8) is 0 Å². The first-order valence-electron chi connectivity index (χ1n) is 11.2. The molecule has 34 heavy (non-hydrogen) atoms. The van der Waals surface area contributed by atoms with E-state index in [0.29, 0.717) is 29.8 Å². The van der Waals surface area contributed by atoms with Crippen LogP contribution in [0.4, 0.5) is 0 Å². The van der Waals surface area contributed by atoms with Crippen LogP contribution in [0.1, 0.15) is 34.0 Å². The summed E-state index contributed by atoms with van der Waals surface area (Å²) in [7, 11) is 1.78. The van der Waals surface area contributed by atoms with Gasteiger partial charge >= 0.3 is 5.97 Å². The number of fused-ring (bicyclic) bond motifs is 1. The van der Waals surface area contributed by atoms with Crippen LogP contribution >= 0.6 is 0 Å². The van der Waals surface area contributed by atoms with Gasteiger partial charge in [0.15, 0.2) is 5.78 Å². The first-order chi connectivity index (χ1) is 16.5. The molecule has 0 heterocycles. The highest BCUT2D eigenvalue weighted by molar-refractivity contribution is 6.10. The molecule has 0 aliphatic rings. The van der Waals surface area contributed by atoms with E-state index in [1.54, 1.807) is 24.1 Å². The van der Waals surface area contributed by atoms with Crippen molar-refractivity contribution in [2.24, 2.45) is 0 Å². The lowest BCUT2D eigenvalue weighted by Crippen LogP contribution is -2.28. The summed E-state index contributed by atoms with van der Waals surface area (Å²) in [6.45, 7) is 0.553. The Morgan fingerprint density at radius 3 is 2.18 bits per heavy atom. The first kappa shape index (κ1) is 23.2. The normalized spacial score (nSPS) is 11.9. The summed E-state index contributed by atoms with van der Waals surface area (Å²) in [5.74, 6) is -0.233. The van der Waals surface area contributed by atoms with Crippen LogP contribution in [0.25, 0.3) is 10.8 Å². The number of aliphatic carboxylic acids is 1. The predicted molar refractivity (Wildman–Crippen MR) is 133 cm³/mol. The number of rotatable bonds is 10. The smallest absolute Gasteiger partial charge is 0.317 e. The van der Waals surface area contributed by atoms with Crippen molar-refractivity contribution in [3.05, 3.63) is 114 Å². The number of likely N-dealkylation sites (N-methyl/N-ethyl adjacent to an activating group) is 1. The number of carbonyl (C=O) groups excluding carboxylic acids is 1. The SMILES string of the molecule is CN(CCC(Oc1ccc(C(=O)c2ccc3ccccc3c2)cc1)c1ccccc1)CC(=O)O. The molecular weight excluding hydrogens is 426 g/mol. The molecule has 4 aromatic carbocycles. The van der Waals surface area contributed by atoms with Gasteiger partial charge in [-0.05, 0) is 53.7 Å². The fourth-order valence-corrected chi connectivity index (χ4v) is 3.96. The highest BCUT2D eigenvalue weighted by Crippen LogP contribution is 2.26. The van der Waals surface area contributed by atoms with Gasteiger partial charge < -0.3 is 9.84 Å². The number of hydrogen-bond acceptors (Lipinski definition) is 4. The van der Waals surface area contributed by atoms with E-state index in [2.05, 4.69) is 0 Å². The summed E-state index contributed by atoms with van der Waals surface area (Å²) in [5.41, 5.74) is 2.26. The molecule has 1 atom stereocenters. The van der Waals surface area contributed by atoms with Crippen molar-refractivity contribution in [2.45, 2.75) is 12.5 Å². The van der Waals surface area contributed by atoms with E-state index in [1.165, 1.54) is 0 Å². The highest BCUT2D eigenvalue weighted by Gasteiger charge is 2.16. The second-order valence-corrected chi connectivity index (χ2v) is 8.35. The molecule has 0 aromatic heterocycles. The zero-order chi connectivity index (χ0) is 23.9. The van der Waals surface area contributed by atoms with Crippen LogP contribution in [0, 0.1) is 0 Å². The van der Waals surface area contributed by atoms with E-state index in [-0.39, 0.29) is 18.4 Å². The van der Waals surface area contributed by atoms with Gasteiger partial charge in [-0.3, -0.25) is 14.5 Å². The van der Waals surface area contributed by atoms with E-state index >= 15 is 0 Å². The molecule has 5 heteroatoms. The van der Waals surface area contributed by atoms with Gasteiger partial charge in [-0.15, -0.1) is 0 Å². The van der Waals surface area contributed by atoms with E-state index in [4.69, 9.17) is 9.84 Å². The molecule has 4 rings (SSSR count). The van der Waals surface area contributed by atoms with Crippen molar-refractivity contribution in [3.8, 4) is 5.75 Å². The third-order valence-corrected chi connectivity index (χ3v) is 5.76. The zero-order valence-electron chi connectivity index (χ0n) is 19.1. The molecule has 172 valence electrons. The largest absolute Gasteiger partial charge is 0.486 e. The van der Waals surface area contributed by atoms with Crippen LogP contribution in [0.15, 0.2) is 97.1 Å². The molecule has 1 N–H and O–H groups in total. The van der Waals surface area contributed by atoms with Crippen LogP contribution in [0.5, 0.6) is 5.75 Å². The predicted octanol–water partition coefficient (Wildman–Crippen LogP) is 5.60. The van der Waals surface area contributed by atoms with Crippen LogP contribution in [0.3, 0.4) is 0 Å². The number of ketones is 1. The summed E-state index contributed by atoms with van der Waals surface area (Å²) < 4.78 is 6.27. The summed E-state index contributed by atoms with van der Waals surface area (Å²) in [4.78, 5) is 25.7. The Morgan fingerprint density at radius 1 is 0.824 bits per heavy atom. The number of carboxylic acid groups (broad SMARTS) is 1. The molecule has 0 spiro atoms. The van der Waals surface area contributed by atoms with Crippen LogP contribution in [-0.2, 0) is 4.79 Å². The van der Waals surface area contributed by atoms with Crippen molar-refractivity contribution in [1.29, 1.82) is 0 Å². The quantitative estimate of drug-likeness (QED) is 0.317. The fourth-order valence-electron chi connectivity index (χ4n) is 3.96. The zero-order valence-corrected chi connectivity index (χ0v) is 19.1. The fraction of sp³-hybridized carbons (Fsp3) is 0.172. The summed E-state index contributed by atoms with van der Waals surface area (Å²) in [6.07, 6.45) is 0.394. The van der Waals surface area contributed by atoms with Crippen LogP contribution < -0.4 is 4.74 Å². The van der Waals surface area contributed by atoms with Crippen molar-refractivity contribution in [1.82, 2.24) is 4.90 Å². The summed E-state index contributed by atoms with van der Waals surface area (Å²) >= 11 is 0. The molecule has 0 aliphatic carbocycles. The number of ether oxygens (including phenoxy) is 1. The van der Waals surface area contributed by atoms with E-state index in [0.717, 1.165) is 16.3 Å². The van der Waals surface area contributed by atoms with Crippen molar-refractivity contribution in [2.75, 3.05) is 20.1 Å². The maximum atomic E-state index is 13.0. The highest BCUT2D eigenvalue weighted by atomic mass is 16.5. The second-order valence-electron chi connectivity index (χ2n) is 8.35. The maximum Gasteiger partial charge on any atom is 0.317 e. The van der Waals surface area contributed by atoms with Gasteiger partial charge in [-0.1, -0.05) is 66.7 Å². The van der Waals surface area contributed by atoms with Gasteiger partial charge in [0.25, 0.3) is 0 Å². The minimum atomic E-state index is -0.855. The average Bonchev–Trinajstić information content (AvgIpc) is 2.86. The maximum absolute atomic E-state index is 13.0. The minimum absolute atomic E-state index is 0.0207. The Balaban J connectivity index is 1.48. The van der Waals surface area contributed by atoms with Gasteiger partial charge in [-0.25, -0.2) is 0 Å². The molecule has 1 unspecified atom stereocenters. The molecule has 0 saturated carbocycles. The number of nitrogens with zero attached hydrogens (tertiary/aromatic N) is 1.